The van der Waals surface area contributed by atoms with E-state index >= 15 is 0 Å². The van der Waals surface area contributed by atoms with E-state index in [0.29, 0.717) is 12.1 Å². The number of hydrazone groups is 1. The lowest BCUT2D eigenvalue weighted by molar-refractivity contribution is -0.132. The normalized spacial score (nSPS) is 16.8. The van der Waals surface area contributed by atoms with Gasteiger partial charge in [-0.25, -0.2) is 9.80 Å². The molecule has 1 aliphatic rings. The summed E-state index contributed by atoms with van der Waals surface area (Å²) in [4.78, 5) is 38.9. The molecule has 1 N–H and O–H groups in total. The minimum atomic E-state index is -0.628. The molecule has 0 radical (unpaired) electrons. The van der Waals surface area contributed by atoms with Gasteiger partial charge < -0.3 is 5.11 Å². The number of amides is 1. The second-order valence-corrected chi connectivity index (χ2v) is 7.53. The van der Waals surface area contributed by atoms with Crippen LogP contribution in [0.4, 0.5) is 0 Å². The van der Waals surface area contributed by atoms with E-state index in [2.05, 4.69) is 5.10 Å². The number of nitrogens with zero attached hydrogens (tertiary/aromatic N) is 4. The Morgan fingerprint density at radius 2 is 2.00 bits per heavy atom. The van der Waals surface area contributed by atoms with Crippen molar-refractivity contribution in [3.8, 4) is 5.88 Å². The maximum atomic E-state index is 12.6. The summed E-state index contributed by atoms with van der Waals surface area (Å²) in [5.74, 6) is -0.610. The van der Waals surface area contributed by atoms with Gasteiger partial charge in [0.2, 0.25) is 11.8 Å². The molecular formula is C17H20N4O4S. The van der Waals surface area contributed by atoms with Gasteiger partial charge in [-0.3, -0.25) is 18.7 Å². The van der Waals surface area contributed by atoms with Crippen LogP contribution in [0.25, 0.3) is 0 Å². The SMILES string of the molecule is CCC(=O)N1N=C(c2c(O)n(C)c(=O)n(C)c2=O)C[C@@H]1c1ccc(C)s1. The first-order chi connectivity index (χ1) is 12.3. The van der Waals surface area contributed by atoms with Gasteiger partial charge in [0.15, 0.2) is 0 Å². The number of thiophene rings is 1. The first-order valence-electron chi connectivity index (χ1n) is 8.21. The van der Waals surface area contributed by atoms with Crippen LogP contribution in [0.1, 0.15) is 41.1 Å². The largest absolute Gasteiger partial charge is 0.494 e. The standard InChI is InChI=1S/C17H20N4O4S/c1-5-13(22)21-11(12-7-6-9(2)26-12)8-10(18-21)14-15(23)19(3)17(25)20(4)16(14)24/h6-7,11,23H,5,8H2,1-4H3/t11-/m1/s1. The van der Waals surface area contributed by atoms with Crippen LogP contribution >= 0.6 is 11.3 Å². The van der Waals surface area contributed by atoms with Gasteiger partial charge >= 0.3 is 5.69 Å². The summed E-state index contributed by atoms with van der Waals surface area (Å²) in [6.07, 6.45) is 0.571. The number of hydrogen-bond donors (Lipinski definition) is 1. The fourth-order valence-electron chi connectivity index (χ4n) is 2.99. The van der Waals surface area contributed by atoms with Gasteiger partial charge in [-0.05, 0) is 19.1 Å². The third kappa shape index (κ3) is 2.78. The minimum absolute atomic E-state index is 0.0423. The molecule has 1 atom stereocenters. The summed E-state index contributed by atoms with van der Waals surface area (Å²) < 4.78 is 1.92. The van der Waals surface area contributed by atoms with E-state index in [0.717, 1.165) is 18.9 Å². The molecule has 1 aliphatic heterocycles. The lowest BCUT2D eigenvalue weighted by atomic mass is 10.0. The second kappa shape index (κ2) is 6.56. The van der Waals surface area contributed by atoms with E-state index in [9.17, 15) is 19.5 Å². The zero-order valence-electron chi connectivity index (χ0n) is 15.0. The van der Waals surface area contributed by atoms with Crippen LogP contribution in [0.15, 0.2) is 26.8 Å². The Kier molecular flexibility index (Phi) is 4.57. The van der Waals surface area contributed by atoms with E-state index in [1.165, 1.54) is 19.1 Å². The Morgan fingerprint density at radius 1 is 1.31 bits per heavy atom. The zero-order valence-corrected chi connectivity index (χ0v) is 15.8. The van der Waals surface area contributed by atoms with Crippen molar-refractivity contribution in [1.29, 1.82) is 0 Å². The Morgan fingerprint density at radius 3 is 2.58 bits per heavy atom. The van der Waals surface area contributed by atoms with Gasteiger partial charge in [0.25, 0.3) is 5.56 Å². The molecule has 3 rings (SSSR count). The van der Waals surface area contributed by atoms with Crippen LogP contribution in [0, 0.1) is 6.92 Å². The number of aryl methyl sites for hydroxylation is 1. The number of carbonyl (C=O) groups excluding carboxylic acids is 1. The van der Waals surface area contributed by atoms with E-state index in [4.69, 9.17) is 0 Å². The smallest absolute Gasteiger partial charge is 0.333 e. The van der Waals surface area contributed by atoms with Crippen molar-refractivity contribution >= 4 is 23.0 Å². The van der Waals surface area contributed by atoms with Crippen molar-refractivity contribution in [2.75, 3.05) is 0 Å². The van der Waals surface area contributed by atoms with Crippen molar-refractivity contribution < 1.29 is 9.90 Å². The van der Waals surface area contributed by atoms with Crippen molar-refractivity contribution in [3.05, 3.63) is 48.3 Å². The van der Waals surface area contributed by atoms with Gasteiger partial charge in [-0.2, -0.15) is 5.10 Å². The average Bonchev–Trinajstić information content (AvgIpc) is 3.24. The summed E-state index contributed by atoms with van der Waals surface area (Å²) in [7, 11) is 2.73. The molecule has 0 saturated heterocycles. The fourth-order valence-corrected chi connectivity index (χ4v) is 3.96. The number of carbonyl (C=O) groups is 1. The topological polar surface area (TPSA) is 96.9 Å². The molecule has 138 valence electrons. The van der Waals surface area contributed by atoms with Crippen LogP contribution in [0.3, 0.4) is 0 Å². The highest BCUT2D eigenvalue weighted by Gasteiger charge is 2.35. The van der Waals surface area contributed by atoms with E-state index in [1.807, 2.05) is 19.1 Å². The molecule has 0 spiro atoms. The first-order valence-corrected chi connectivity index (χ1v) is 9.03. The molecule has 0 unspecified atom stereocenters. The molecule has 9 heteroatoms. The van der Waals surface area contributed by atoms with Crippen molar-refractivity contribution in [3.63, 3.8) is 0 Å². The van der Waals surface area contributed by atoms with Gasteiger partial charge in [-0.15, -0.1) is 11.3 Å². The number of hydrogen-bond acceptors (Lipinski definition) is 6. The Bertz CT molecular complexity index is 1030. The molecular weight excluding hydrogens is 356 g/mol. The lowest BCUT2D eigenvalue weighted by Gasteiger charge is -2.19. The molecule has 2 aromatic rings. The number of aromatic nitrogens is 2. The molecule has 0 saturated carbocycles. The molecule has 1 amide bonds. The van der Waals surface area contributed by atoms with Gasteiger partial charge in [0.1, 0.15) is 5.56 Å². The van der Waals surface area contributed by atoms with E-state index < -0.39 is 17.1 Å². The quantitative estimate of drug-likeness (QED) is 0.872. The number of aromatic hydroxyl groups is 1. The summed E-state index contributed by atoms with van der Waals surface area (Å²) >= 11 is 1.56. The minimum Gasteiger partial charge on any atom is -0.494 e. The third-order valence-corrected chi connectivity index (χ3v) is 5.58. The molecule has 0 fully saturated rings. The fraction of sp³-hybridized carbons (Fsp3) is 0.412. The van der Waals surface area contributed by atoms with Crippen molar-refractivity contribution in [2.24, 2.45) is 19.2 Å². The maximum absolute atomic E-state index is 12.6. The van der Waals surface area contributed by atoms with Gasteiger partial charge in [-0.1, -0.05) is 6.92 Å². The monoisotopic (exact) mass is 376 g/mol. The number of rotatable bonds is 3. The highest BCUT2D eigenvalue weighted by molar-refractivity contribution is 7.12. The van der Waals surface area contributed by atoms with Gasteiger partial charge in [0, 0.05) is 36.7 Å². The van der Waals surface area contributed by atoms with E-state index in [-0.39, 0.29) is 23.9 Å². The Balaban J connectivity index is 2.14. The van der Waals surface area contributed by atoms with Crippen LogP contribution in [0.2, 0.25) is 0 Å². The molecule has 0 aromatic carbocycles. The van der Waals surface area contributed by atoms with Crippen LogP contribution < -0.4 is 11.2 Å². The summed E-state index contributed by atoms with van der Waals surface area (Å²) in [5, 5.41) is 16.1. The maximum Gasteiger partial charge on any atom is 0.333 e. The molecule has 26 heavy (non-hydrogen) atoms. The second-order valence-electron chi connectivity index (χ2n) is 6.21. The zero-order chi connectivity index (χ0) is 19.2. The van der Waals surface area contributed by atoms with Crippen LogP contribution in [-0.2, 0) is 18.9 Å². The highest BCUT2D eigenvalue weighted by atomic mass is 32.1. The van der Waals surface area contributed by atoms with Crippen molar-refractivity contribution in [1.82, 2.24) is 14.1 Å². The van der Waals surface area contributed by atoms with E-state index in [1.54, 1.807) is 18.3 Å². The summed E-state index contributed by atoms with van der Waals surface area (Å²) in [6, 6.07) is 3.59. The molecule has 0 aliphatic carbocycles. The predicted molar refractivity (Wildman–Crippen MR) is 98.7 cm³/mol. The molecule has 2 aromatic heterocycles. The Hall–Kier alpha value is -2.68. The predicted octanol–water partition coefficient (Wildman–Crippen LogP) is 1.25. The molecule has 3 heterocycles. The average molecular weight is 376 g/mol. The first kappa shape index (κ1) is 18.1. The summed E-state index contributed by atoms with van der Waals surface area (Å²) in [5.41, 5.74) is -0.992. The highest BCUT2D eigenvalue weighted by Crippen LogP contribution is 2.37. The molecule has 0 bridgehead atoms. The third-order valence-electron chi connectivity index (χ3n) is 4.48. The lowest BCUT2D eigenvalue weighted by Crippen LogP contribution is -2.39. The van der Waals surface area contributed by atoms with Crippen LogP contribution in [-0.4, -0.2) is 30.9 Å². The molecule has 8 nitrogen and oxygen atoms in total. The Labute approximate surface area is 153 Å². The van der Waals surface area contributed by atoms with Crippen LogP contribution in [0.5, 0.6) is 5.88 Å². The van der Waals surface area contributed by atoms with Crippen molar-refractivity contribution in [2.45, 2.75) is 32.7 Å². The summed E-state index contributed by atoms with van der Waals surface area (Å²) in [6.45, 7) is 3.72. The van der Waals surface area contributed by atoms with Gasteiger partial charge in [0.05, 0.1) is 11.8 Å².